The van der Waals surface area contributed by atoms with Crippen LogP contribution in [0.5, 0.6) is 0 Å². The van der Waals surface area contributed by atoms with Gasteiger partial charge >= 0.3 is 0 Å². The molecule has 4 heteroatoms. The Balaban J connectivity index is 1.96. The minimum Gasteiger partial charge on any atom is -0.443 e. The third kappa shape index (κ3) is 2.73. The maximum absolute atomic E-state index is 5.23. The van der Waals surface area contributed by atoms with Crippen molar-refractivity contribution in [3.05, 3.63) is 30.2 Å². The Morgan fingerprint density at radius 1 is 1.40 bits per heavy atom. The molecule has 1 heterocycles. The lowest BCUT2D eigenvalue weighted by Gasteiger charge is -2.03. The summed E-state index contributed by atoms with van der Waals surface area (Å²) in [7, 11) is 0. The average molecular weight is 222 g/mol. The molecule has 0 aliphatic rings. The highest BCUT2D eigenvalue weighted by molar-refractivity contribution is 7.80. The standard InChI is InChI=1S/C11H14N2OS/c15-5-1-4-12-7-9-2-3-10-11(6-9)14-8-13-10/h2-3,6,8,12,15H,1,4-5,7H2. The quantitative estimate of drug-likeness (QED) is 0.602. The summed E-state index contributed by atoms with van der Waals surface area (Å²) in [4.78, 5) is 4.07. The van der Waals surface area contributed by atoms with Crippen LogP contribution in [0.3, 0.4) is 0 Å². The first kappa shape index (κ1) is 10.5. The first-order chi connectivity index (χ1) is 7.40. The summed E-state index contributed by atoms with van der Waals surface area (Å²) in [6.45, 7) is 1.86. The molecule has 0 amide bonds. The van der Waals surface area contributed by atoms with E-state index in [-0.39, 0.29) is 0 Å². The smallest absolute Gasteiger partial charge is 0.181 e. The van der Waals surface area contributed by atoms with Gasteiger partial charge in [0, 0.05) is 6.54 Å². The van der Waals surface area contributed by atoms with Gasteiger partial charge in [0.2, 0.25) is 0 Å². The van der Waals surface area contributed by atoms with Crippen LogP contribution >= 0.6 is 12.6 Å². The monoisotopic (exact) mass is 222 g/mol. The van der Waals surface area contributed by atoms with Crippen molar-refractivity contribution in [1.82, 2.24) is 10.3 Å². The molecule has 3 nitrogen and oxygen atoms in total. The topological polar surface area (TPSA) is 38.1 Å². The maximum Gasteiger partial charge on any atom is 0.181 e. The van der Waals surface area contributed by atoms with Crippen LogP contribution in [0.15, 0.2) is 29.0 Å². The third-order valence-electron chi connectivity index (χ3n) is 2.24. The number of oxazole rings is 1. The fourth-order valence-electron chi connectivity index (χ4n) is 1.45. The minimum atomic E-state index is 0.850. The number of hydrogen-bond donors (Lipinski definition) is 2. The van der Waals surface area contributed by atoms with Crippen molar-refractivity contribution in [2.24, 2.45) is 0 Å². The van der Waals surface area contributed by atoms with E-state index in [0.29, 0.717) is 0 Å². The Morgan fingerprint density at radius 3 is 3.20 bits per heavy atom. The van der Waals surface area contributed by atoms with Gasteiger partial charge in [0.15, 0.2) is 12.0 Å². The fourth-order valence-corrected chi connectivity index (χ4v) is 1.60. The maximum atomic E-state index is 5.23. The molecule has 0 fully saturated rings. The highest BCUT2D eigenvalue weighted by atomic mass is 32.1. The zero-order valence-electron chi connectivity index (χ0n) is 8.44. The van der Waals surface area contributed by atoms with E-state index < -0.39 is 0 Å². The van der Waals surface area contributed by atoms with Gasteiger partial charge in [0.05, 0.1) is 0 Å². The number of fused-ring (bicyclic) bond motifs is 1. The molecule has 2 rings (SSSR count). The van der Waals surface area contributed by atoms with Crippen LogP contribution in [0.4, 0.5) is 0 Å². The highest BCUT2D eigenvalue weighted by Crippen LogP contribution is 2.13. The molecule has 15 heavy (non-hydrogen) atoms. The highest BCUT2D eigenvalue weighted by Gasteiger charge is 1.99. The molecule has 0 radical (unpaired) electrons. The summed E-state index contributed by atoms with van der Waals surface area (Å²) >= 11 is 4.16. The second-order valence-electron chi connectivity index (χ2n) is 3.41. The molecule has 0 unspecified atom stereocenters. The number of thiol groups is 1. The van der Waals surface area contributed by atoms with E-state index in [1.807, 2.05) is 12.1 Å². The second-order valence-corrected chi connectivity index (χ2v) is 3.86. The van der Waals surface area contributed by atoms with Crippen molar-refractivity contribution in [2.45, 2.75) is 13.0 Å². The Hall–Kier alpha value is -1.00. The molecule has 1 aromatic carbocycles. The van der Waals surface area contributed by atoms with Gasteiger partial charge in [-0.3, -0.25) is 0 Å². The summed E-state index contributed by atoms with van der Waals surface area (Å²) in [5.74, 6) is 0.925. The lowest BCUT2D eigenvalue weighted by Crippen LogP contribution is -2.14. The largest absolute Gasteiger partial charge is 0.443 e. The average Bonchev–Trinajstić information content (AvgIpc) is 2.71. The van der Waals surface area contributed by atoms with Gasteiger partial charge in [0.1, 0.15) is 5.52 Å². The van der Waals surface area contributed by atoms with E-state index in [9.17, 15) is 0 Å². The SMILES string of the molecule is SCCCNCc1ccc2ncoc2c1. The van der Waals surface area contributed by atoms with Gasteiger partial charge in [-0.15, -0.1) is 0 Å². The fraction of sp³-hybridized carbons (Fsp3) is 0.364. The molecule has 0 saturated carbocycles. The predicted molar refractivity (Wildman–Crippen MR) is 64.2 cm³/mol. The molecule has 0 atom stereocenters. The van der Waals surface area contributed by atoms with Crippen LogP contribution < -0.4 is 5.32 Å². The second kappa shape index (κ2) is 5.19. The van der Waals surface area contributed by atoms with Crippen molar-refractivity contribution >= 4 is 23.7 Å². The molecule has 0 aliphatic carbocycles. The van der Waals surface area contributed by atoms with E-state index in [2.05, 4.69) is 29.0 Å². The number of hydrogen-bond acceptors (Lipinski definition) is 4. The molecule has 1 N–H and O–H groups in total. The molecule has 0 saturated heterocycles. The van der Waals surface area contributed by atoms with E-state index in [1.54, 1.807) is 0 Å². The summed E-state index contributed by atoms with van der Waals surface area (Å²) in [6, 6.07) is 6.07. The zero-order valence-corrected chi connectivity index (χ0v) is 9.33. The lowest BCUT2D eigenvalue weighted by atomic mass is 10.2. The summed E-state index contributed by atoms with van der Waals surface area (Å²) < 4.78 is 5.23. The number of aromatic nitrogens is 1. The van der Waals surface area contributed by atoms with E-state index >= 15 is 0 Å². The molecule has 2 aromatic rings. The molecule has 1 aromatic heterocycles. The molecule has 0 aliphatic heterocycles. The molecular formula is C11H14N2OS. The minimum absolute atomic E-state index is 0.850. The Bertz CT molecular complexity index is 427. The van der Waals surface area contributed by atoms with Crippen LogP contribution in [0.2, 0.25) is 0 Å². The van der Waals surface area contributed by atoms with Crippen molar-refractivity contribution in [2.75, 3.05) is 12.3 Å². The van der Waals surface area contributed by atoms with E-state index in [4.69, 9.17) is 4.42 Å². The van der Waals surface area contributed by atoms with Gasteiger partial charge in [-0.2, -0.15) is 12.6 Å². The predicted octanol–water partition coefficient (Wildman–Crippen LogP) is 2.24. The van der Waals surface area contributed by atoms with Crippen LogP contribution in [0.25, 0.3) is 11.1 Å². The summed E-state index contributed by atoms with van der Waals surface area (Å²) in [6.07, 6.45) is 2.57. The number of nitrogens with zero attached hydrogens (tertiary/aromatic N) is 1. The van der Waals surface area contributed by atoms with Gasteiger partial charge < -0.3 is 9.73 Å². The lowest BCUT2D eigenvalue weighted by molar-refractivity contribution is 0.601. The Morgan fingerprint density at radius 2 is 2.33 bits per heavy atom. The summed E-state index contributed by atoms with van der Waals surface area (Å²) in [5, 5.41) is 3.35. The molecular weight excluding hydrogens is 208 g/mol. The molecule has 0 bridgehead atoms. The van der Waals surface area contributed by atoms with Crippen molar-refractivity contribution in [3.63, 3.8) is 0 Å². The molecule has 80 valence electrons. The van der Waals surface area contributed by atoms with Crippen molar-refractivity contribution < 1.29 is 4.42 Å². The van der Waals surface area contributed by atoms with Crippen molar-refractivity contribution in [1.29, 1.82) is 0 Å². The van der Waals surface area contributed by atoms with Gasteiger partial charge in [0.25, 0.3) is 0 Å². The van der Waals surface area contributed by atoms with E-state index in [1.165, 1.54) is 12.0 Å². The number of benzene rings is 1. The summed E-state index contributed by atoms with van der Waals surface area (Å²) in [5.41, 5.74) is 2.98. The van der Waals surface area contributed by atoms with E-state index in [0.717, 1.165) is 36.4 Å². The van der Waals surface area contributed by atoms with Crippen LogP contribution in [0.1, 0.15) is 12.0 Å². The molecule has 0 spiro atoms. The number of rotatable bonds is 5. The third-order valence-corrected chi connectivity index (χ3v) is 2.55. The number of nitrogens with one attached hydrogen (secondary N) is 1. The first-order valence-corrected chi connectivity index (χ1v) is 5.67. The first-order valence-electron chi connectivity index (χ1n) is 5.04. The normalized spacial score (nSPS) is 11.0. The zero-order chi connectivity index (χ0) is 10.5. The van der Waals surface area contributed by atoms with Crippen LogP contribution in [-0.2, 0) is 6.54 Å². The van der Waals surface area contributed by atoms with Crippen LogP contribution in [0, 0.1) is 0 Å². The van der Waals surface area contributed by atoms with Gasteiger partial charge in [-0.05, 0) is 36.4 Å². The Kier molecular flexibility index (Phi) is 3.64. The van der Waals surface area contributed by atoms with Gasteiger partial charge in [-0.25, -0.2) is 4.98 Å². The Labute approximate surface area is 94.3 Å². The van der Waals surface area contributed by atoms with Crippen molar-refractivity contribution in [3.8, 4) is 0 Å². The van der Waals surface area contributed by atoms with Gasteiger partial charge in [-0.1, -0.05) is 6.07 Å². The van der Waals surface area contributed by atoms with Crippen LogP contribution in [-0.4, -0.2) is 17.3 Å².